The van der Waals surface area contributed by atoms with Crippen LogP contribution in [0.15, 0.2) is 18.2 Å². The van der Waals surface area contributed by atoms with Crippen LogP contribution in [-0.4, -0.2) is 12.6 Å². The van der Waals surface area contributed by atoms with E-state index >= 15 is 0 Å². The van der Waals surface area contributed by atoms with Crippen LogP contribution < -0.4 is 5.32 Å². The van der Waals surface area contributed by atoms with Gasteiger partial charge in [0, 0.05) is 6.04 Å². The maximum absolute atomic E-state index is 13.5. The second-order valence-corrected chi connectivity index (χ2v) is 7.40. The maximum Gasteiger partial charge on any atom is 0.123 e. The molecule has 1 nitrogen and oxygen atoms in total. The molecule has 2 heteroatoms. The Balaban J connectivity index is 1.67. The summed E-state index contributed by atoms with van der Waals surface area (Å²) in [7, 11) is 0. The first kappa shape index (κ1) is 15.0. The molecule has 0 bridgehead atoms. The molecule has 0 aromatic heterocycles. The van der Waals surface area contributed by atoms with Crippen LogP contribution in [0.2, 0.25) is 0 Å². The van der Waals surface area contributed by atoms with Crippen molar-refractivity contribution >= 4 is 0 Å². The Bertz CT molecular complexity index is 480. The van der Waals surface area contributed by atoms with Gasteiger partial charge in [0.2, 0.25) is 0 Å². The van der Waals surface area contributed by atoms with Crippen LogP contribution >= 0.6 is 0 Å². The van der Waals surface area contributed by atoms with Crippen LogP contribution in [0.1, 0.15) is 50.2 Å². The molecule has 1 aromatic carbocycles. The van der Waals surface area contributed by atoms with Crippen molar-refractivity contribution in [3.05, 3.63) is 35.1 Å². The average molecular weight is 289 g/mol. The summed E-state index contributed by atoms with van der Waals surface area (Å²) in [4.78, 5) is 0. The third-order valence-corrected chi connectivity index (χ3v) is 5.44. The third kappa shape index (κ3) is 4.06. The standard InChI is InChI=1S/C19H28FN/c1-13-3-5-15(12-21-19-7-8-19)17(9-13)10-16-11-18(20)6-4-14(16)2/h4,6,11,13,15,17,19,21H,3,5,7-10,12H2,1-2H3. The molecule has 21 heavy (non-hydrogen) atoms. The van der Waals surface area contributed by atoms with Crippen molar-refractivity contribution in [2.24, 2.45) is 17.8 Å². The van der Waals surface area contributed by atoms with Gasteiger partial charge in [-0.2, -0.15) is 0 Å². The van der Waals surface area contributed by atoms with Crippen molar-refractivity contribution in [1.82, 2.24) is 5.32 Å². The Labute approximate surface area is 128 Å². The zero-order valence-corrected chi connectivity index (χ0v) is 13.4. The summed E-state index contributed by atoms with van der Waals surface area (Å²) in [5.74, 6) is 2.21. The van der Waals surface area contributed by atoms with Gasteiger partial charge in [0.25, 0.3) is 0 Å². The topological polar surface area (TPSA) is 12.0 Å². The molecule has 0 radical (unpaired) electrons. The fraction of sp³-hybridized carbons (Fsp3) is 0.684. The smallest absolute Gasteiger partial charge is 0.123 e. The lowest BCUT2D eigenvalue weighted by Crippen LogP contribution is -2.34. The van der Waals surface area contributed by atoms with Gasteiger partial charge in [0.15, 0.2) is 0 Å². The predicted octanol–water partition coefficient (Wildman–Crippen LogP) is 4.48. The Kier molecular flexibility index (Phi) is 4.63. The molecule has 0 spiro atoms. The average Bonchev–Trinajstić information content (AvgIpc) is 3.26. The van der Waals surface area contributed by atoms with E-state index in [-0.39, 0.29) is 5.82 Å². The Morgan fingerprint density at radius 2 is 1.95 bits per heavy atom. The fourth-order valence-corrected chi connectivity index (χ4v) is 3.83. The molecule has 3 unspecified atom stereocenters. The van der Waals surface area contributed by atoms with E-state index in [4.69, 9.17) is 0 Å². The Morgan fingerprint density at radius 3 is 2.71 bits per heavy atom. The van der Waals surface area contributed by atoms with Crippen LogP contribution in [0, 0.1) is 30.5 Å². The third-order valence-electron chi connectivity index (χ3n) is 5.44. The molecule has 0 heterocycles. The number of aryl methyl sites for hydroxylation is 1. The van der Waals surface area contributed by atoms with Crippen molar-refractivity contribution in [1.29, 1.82) is 0 Å². The normalized spacial score (nSPS) is 29.6. The minimum Gasteiger partial charge on any atom is -0.314 e. The van der Waals surface area contributed by atoms with Crippen LogP contribution in [0.3, 0.4) is 0 Å². The molecule has 0 saturated heterocycles. The molecule has 3 atom stereocenters. The van der Waals surface area contributed by atoms with E-state index in [1.54, 1.807) is 12.1 Å². The maximum atomic E-state index is 13.5. The van der Waals surface area contributed by atoms with Gasteiger partial charge in [0.05, 0.1) is 0 Å². The Morgan fingerprint density at radius 1 is 1.14 bits per heavy atom. The lowest BCUT2D eigenvalue weighted by Gasteiger charge is -2.35. The fourth-order valence-electron chi connectivity index (χ4n) is 3.83. The molecule has 0 amide bonds. The zero-order valence-electron chi connectivity index (χ0n) is 13.4. The molecule has 0 aliphatic heterocycles. The molecule has 2 aliphatic carbocycles. The molecule has 2 aliphatic rings. The zero-order chi connectivity index (χ0) is 14.8. The van der Waals surface area contributed by atoms with Crippen LogP contribution in [0.5, 0.6) is 0 Å². The summed E-state index contributed by atoms with van der Waals surface area (Å²) in [6.07, 6.45) is 7.75. The van der Waals surface area contributed by atoms with E-state index in [0.717, 1.165) is 30.8 Å². The van der Waals surface area contributed by atoms with Crippen LogP contribution in [-0.2, 0) is 6.42 Å². The largest absolute Gasteiger partial charge is 0.314 e. The van der Waals surface area contributed by atoms with E-state index in [2.05, 4.69) is 19.2 Å². The van der Waals surface area contributed by atoms with Gasteiger partial charge in [-0.05, 0) is 86.6 Å². The van der Waals surface area contributed by atoms with E-state index < -0.39 is 0 Å². The van der Waals surface area contributed by atoms with E-state index in [0.29, 0.717) is 5.92 Å². The number of nitrogens with one attached hydrogen (secondary N) is 1. The van der Waals surface area contributed by atoms with Gasteiger partial charge < -0.3 is 5.32 Å². The highest BCUT2D eigenvalue weighted by molar-refractivity contribution is 5.27. The lowest BCUT2D eigenvalue weighted by molar-refractivity contribution is 0.183. The summed E-state index contributed by atoms with van der Waals surface area (Å²) < 4.78 is 13.5. The van der Waals surface area contributed by atoms with Gasteiger partial charge >= 0.3 is 0 Å². The molecular formula is C19H28FN. The second-order valence-electron chi connectivity index (χ2n) is 7.40. The van der Waals surface area contributed by atoms with Gasteiger partial charge in [0.1, 0.15) is 5.82 Å². The monoisotopic (exact) mass is 289 g/mol. The highest BCUT2D eigenvalue weighted by Crippen LogP contribution is 2.36. The highest BCUT2D eigenvalue weighted by Gasteiger charge is 2.30. The number of benzene rings is 1. The first-order valence-corrected chi connectivity index (χ1v) is 8.60. The molecule has 1 aromatic rings. The van der Waals surface area contributed by atoms with Gasteiger partial charge in [-0.25, -0.2) is 4.39 Å². The van der Waals surface area contributed by atoms with Crippen LogP contribution in [0.25, 0.3) is 0 Å². The Hall–Kier alpha value is -0.890. The van der Waals surface area contributed by atoms with Crippen molar-refractivity contribution in [3.63, 3.8) is 0 Å². The highest BCUT2D eigenvalue weighted by atomic mass is 19.1. The minimum atomic E-state index is -0.0906. The lowest BCUT2D eigenvalue weighted by atomic mass is 9.72. The first-order chi connectivity index (χ1) is 10.1. The quantitative estimate of drug-likeness (QED) is 0.842. The van der Waals surface area contributed by atoms with Gasteiger partial charge in [-0.3, -0.25) is 0 Å². The van der Waals surface area contributed by atoms with Crippen LogP contribution in [0.4, 0.5) is 4.39 Å². The molecular weight excluding hydrogens is 261 g/mol. The van der Waals surface area contributed by atoms with E-state index in [1.807, 2.05) is 6.07 Å². The molecule has 2 fully saturated rings. The number of halogens is 1. The van der Waals surface area contributed by atoms with Gasteiger partial charge in [-0.15, -0.1) is 0 Å². The number of rotatable bonds is 5. The van der Waals surface area contributed by atoms with Gasteiger partial charge in [-0.1, -0.05) is 19.4 Å². The summed E-state index contributed by atoms with van der Waals surface area (Å²) in [5, 5.41) is 3.71. The van der Waals surface area contributed by atoms with Crippen molar-refractivity contribution in [3.8, 4) is 0 Å². The van der Waals surface area contributed by atoms with Crippen molar-refractivity contribution in [2.75, 3.05) is 6.54 Å². The summed E-state index contributed by atoms with van der Waals surface area (Å²) in [6, 6.07) is 6.05. The molecule has 1 N–H and O–H groups in total. The summed E-state index contributed by atoms with van der Waals surface area (Å²) in [5.41, 5.74) is 2.45. The van der Waals surface area contributed by atoms with Crippen molar-refractivity contribution in [2.45, 2.75) is 58.4 Å². The van der Waals surface area contributed by atoms with Crippen molar-refractivity contribution < 1.29 is 4.39 Å². The predicted molar refractivity (Wildman–Crippen MR) is 85.9 cm³/mol. The number of hydrogen-bond acceptors (Lipinski definition) is 1. The summed E-state index contributed by atoms with van der Waals surface area (Å²) >= 11 is 0. The number of hydrogen-bond donors (Lipinski definition) is 1. The van der Waals surface area contributed by atoms with E-state index in [1.165, 1.54) is 43.2 Å². The SMILES string of the molecule is Cc1ccc(F)cc1CC1CC(C)CCC1CNC1CC1. The molecule has 116 valence electrons. The summed E-state index contributed by atoms with van der Waals surface area (Å²) in [6.45, 7) is 5.64. The van der Waals surface area contributed by atoms with E-state index in [9.17, 15) is 4.39 Å². The molecule has 2 saturated carbocycles. The molecule has 3 rings (SSSR count). The second kappa shape index (κ2) is 6.48. The first-order valence-electron chi connectivity index (χ1n) is 8.60. The minimum absolute atomic E-state index is 0.0906.